The lowest BCUT2D eigenvalue weighted by molar-refractivity contribution is -0.385. The molecule has 6 heteroatoms. The van der Waals surface area contributed by atoms with E-state index in [2.05, 4.69) is 10.3 Å². The van der Waals surface area contributed by atoms with E-state index in [1.54, 1.807) is 44.4 Å². The van der Waals surface area contributed by atoms with E-state index >= 15 is 0 Å². The van der Waals surface area contributed by atoms with Gasteiger partial charge < -0.3 is 10.1 Å². The summed E-state index contributed by atoms with van der Waals surface area (Å²) in [6.07, 6.45) is 1.57. The monoisotopic (exact) mass is 259 g/mol. The van der Waals surface area contributed by atoms with Gasteiger partial charge >= 0.3 is 5.69 Å². The molecule has 1 aromatic heterocycles. The molecule has 0 saturated carbocycles. The van der Waals surface area contributed by atoms with Gasteiger partial charge in [-0.2, -0.15) is 0 Å². The summed E-state index contributed by atoms with van der Waals surface area (Å²) < 4.78 is 5.62. The van der Waals surface area contributed by atoms with Crippen molar-refractivity contribution < 1.29 is 9.66 Å². The Hall–Kier alpha value is -2.63. The number of para-hydroxylation sites is 1. The first kappa shape index (κ1) is 12.8. The van der Waals surface area contributed by atoms with Gasteiger partial charge in [0.2, 0.25) is 5.75 Å². The Morgan fingerprint density at radius 1 is 1.37 bits per heavy atom. The number of hydrogen-bond acceptors (Lipinski definition) is 5. The molecule has 0 aliphatic heterocycles. The van der Waals surface area contributed by atoms with Crippen LogP contribution in [-0.4, -0.2) is 17.0 Å². The van der Waals surface area contributed by atoms with E-state index in [1.165, 1.54) is 6.07 Å². The van der Waals surface area contributed by atoms with Crippen LogP contribution in [0.4, 0.5) is 11.5 Å². The minimum absolute atomic E-state index is 0.0529. The van der Waals surface area contributed by atoms with Crippen molar-refractivity contribution in [3.63, 3.8) is 0 Å². The Balaban J connectivity index is 2.40. The minimum atomic E-state index is -0.456. The second kappa shape index (κ2) is 5.34. The summed E-state index contributed by atoms with van der Waals surface area (Å²) >= 11 is 0. The molecule has 1 N–H and O–H groups in total. The Morgan fingerprint density at radius 3 is 2.84 bits per heavy atom. The van der Waals surface area contributed by atoms with Gasteiger partial charge in [0.1, 0.15) is 11.6 Å². The summed E-state index contributed by atoms with van der Waals surface area (Å²) in [5.41, 5.74) is 0.653. The van der Waals surface area contributed by atoms with Crippen LogP contribution < -0.4 is 10.1 Å². The lowest BCUT2D eigenvalue weighted by Crippen LogP contribution is -1.97. The lowest BCUT2D eigenvalue weighted by Gasteiger charge is -2.09. The number of rotatable bonds is 4. The van der Waals surface area contributed by atoms with Gasteiger partial charge in [-0.3, -0.25) is 10.1 Å². The zero-order valence-electron chi connectivity index (χ0n) is 10.6. The summed E-state index contributed by atoms with van der Waals surface area (Å²) in [6, 6.07) is 8.14. The minimum Gasteiger partial charge on any atom is -0.450 e. The molecule has 2 aromatic rings. The van der Waals surface area contributed by atoms with Crippen LogP contribution in [-0.2, 0) is 0 Å². The fourth-order valence-electron chi connectivity index (χ4n) is 1.64. The molecule has 0 saturated heterocycles. The van der Waals surface area contributed by atoms with Crippen LogP contribution in [0, 0.1) is 17.0 Å². The molecule has 19 heavy (non-hydrogen) atoms. The molecular formula is C13H13N3O3. The molecule has 0 radical (unpaired) electrons. The third-order valence-electron chi connectivity index (χ3n) is 2.60. The predicted molar refractivity (Wildman–Crippen MR) is 71.7 cm³/mol. The fraction of sp³-hybridized carbons (Fsp3) is 0.154. The molecule has 0 amide bonds. The Kier molecular flexibility index (Phi) is 3.61. The van der Waals surface area contributed by atoms with Crippen molar-refractivity contribution in [3.05, 3.63) is 52.2 Å². The first-order valence-corrected chi connectivity index (χ1v) is 5.67. The Morgan fingerprint density at radius 2 is 2.16 bits per heavy atom. The Bertz CT molecular complexity index is 614. The summed E-state index contributed by atoms with van der Waals surface area (Å²) in [4.78, 5) is 14.6. The SMILES string of the molecule is CNc1cc(Oc2c(C)cccc2[N+](=O)[O-])ccn1. The summed E-state index contributed by atoms with van der Waals surface area (Å²) in [7, 11) is 1.74. The van der Waals surface area contributed by atoms with Crippen molar-refractivity contribution in [1.29, 1.82) is 0 Å². The van der Waals surface area contributed by atoms with E-state index in [9.17, 15) is 10.1 Å². The normalized spacial score (nSPS) is 10.0. The van der Waals surface area contributed by atoms with E-state index < -0.39 is 4.92 Å². The maximum atomic E-state index is 11.0. The highest BCUT2D eigenvalue weighted by atomic mass is 16.6. The molecular weight excluding hydrogens is 246 g/mol. The van der Waals surface area contributed by atoms with Crippen LogP contribution in [0.25, 0.3) is 0 Å². The number of hydrogen-bond donors (Lipinski definition) is 1. The number of nitrogens with one attached hydrogen (secondary N) is 1. The van der Waals surface area contributed by atoms with Gasteiger partial charge in [-0.15, -0.1) is 0 Å². The van der Waals surface area contributed by atoms with Gasteiger partial charge in [0, 0.05) is 25.4 Å². The Labute approximate surface area is 110 Å². The molecule has 1 aromatic carbocycles. The van der Waals surface area contributed by atoms with Crippen LogP contribution in [0.1, 0.15) is 5.56 Å². The third kappa shape index (κ3) is 2.79. The summed E-state index contributed by atoms with van der Waals surface area (Å²) in [5, 5.41) is 13.9. The second-order valence-electron chi connectivity index (χ2n) is 3.91. The van der Waals surface area contributed by atoms with Crippen LogP contribution in [0.2, 0.25) is 0 Å². The molecule has 1 heterocycles. The van der Waals surface area contributed by atoms with Gasteiger partial charge in [-0.25, -0.2) is 4.98 Å². The summed E-state index contributed by atoms with van der Waals surface area (Å²) in [5.74, 6) is 1.38. The number of nitro groups is 1. The maximum absolute atomic E-state index is 11.0. The largest absolute Gasteiger partial charge is 0.450 e. The predicted octanol–water partition coefficient (Wildman–Crippen LogP) is 3.13. The van der Waals surface area contributed by atoms with Crippen LogP contribution in [0.5, 0.6) is 11.5 Å². The van der Waals surface area contributed by atoms with Crippen molar-refractivity contribution in [1.82, 2.24) is 4.98 Å². The van der Waals surface area contributed by atoms with E-state index in [4.69, 9.17) is 4.74 Å². The first-order chi connectivity index (χ1) is 9.11. The van der Waals surface area contributed by atoms with Gasteiger partial charge in [-0.05, 0) is 18.6 Å². The van der Waals surface area contributed by atoms with Crippen molar-refractivity contribution in [2.24, 2.45) is 0 Å². The van der Waals surface area contributed by atoms with Gasteiger partial charge in [0.15, 0.2) is 0 Å². The van der Waals surface area contributed by atoms with E-state index in [1.807, 2.05) is 0 Å². The average Bonchev–Trinajstić information content (AvgIpc) is 2.41. The first-order valence-electron chi connectivity index (χ1n) is 5.67. The number of anilines is 1. The van der Waals surface area contributed by atoms with Crippen molar-refractivity contribution in [2.75, 3.05) is 12.4 Å². The number of aromatic nitrogens is 1. The maximum Gasteiger partial charge on any atom is 0.311 e. The molecule has 0 atom stereocenters. The quantitative estimate of drug-likeness (QED) is 0.674. The van der Waals surface area contributed by atoms with Gasteiger partial charge in [-0.1, -0.05) is 12.1 Å². The van der Waals surface area contributed by atoms with Gasteiger partial charge in [0.25, 0.3) is 0 Å². The number of nitrogens with zero attached hydrogens (tertiary/aromatic N) is 2. The molecule has 0 bridgehead atoms. The highest BCUT2D eigenvalue weighted by Crippen LogP contribution is 2.34. The molecule has 0 aliphatic carbocycles. The van der Waals surface area contributed by atoms with Crippen molar-refractivity contribution in [2.45, 2.75) is 6.92 Å². The topological polar surface area (TPSA) is 77.3 Å². The zero-order chi connectivity index (χ0) is 13.8. The number of benzene rings is 1. The molecule has 2 rings (SSSR count). The van der Waals surface area contributed by atoms with E-state index in [0.717, 1.165) is 0 Å². The van der Waals surface area contributed by atoms with Crippen LogP contribution in [0.3, 0.4) is 0 Å². The van der Waals surface area contributed by atoms with Gasteiger partial charge in [0.05, 0.1) is 4.92 Å². The van der Waals surface area contributed by atoms with E-state index in [-0.39, 0.29) is 11.4 Å². The molecule has 0 aliphatic rings. The number of aryl methyl sites for hydroxylation is 1. The molecule has 0 fully saturated rings. The molecule has 98 valence electrons. The van der Waals surface area contributed by atoms with Crippen molar-refractivity contribution >= 4 is 11.5 Å². The standard InChI is InChI=1S/C13H13N3O3/c1-9-4-3-5-11(16(17)18)13(9)19-10-6-7-15-12(8-10)14-2/h3-8H,1-2H3,(H,14,15). The molecule has 6 nitrogen and oxygen atoms in total. The number of nitro benzene ring substituents is 1. The highest BCUT2D eigenvalue weighted by Gasteiger charge is 2.17. The molecule has 0 unspecified atom stereocenters. The molecule has 0 spiro atoms. The second-order valence-corrected chi connectivity index (χ2v) is 3.91. The summed E-state index contributed by atoms with van der Waals surface area (Å²) in [6.45, 7) is 1.77. The van der Waals surface area contributed by atoms with Crippen LogP contribution in [0.15, 0.2) is 36.5 Å². The lowest BCUT2D eigenvalue weighted by atomic mass is 10.2. The zero-order valence-corrected chi connectivity index (χ0v) is 10.6. The third-order valence-corrected chi connectivity index (χ3v) is 2.60. The average molecular weight is 259 g/mol. The van der Waals surface area contributed by atoms with Crippen molar-refractivity contribution in [3.8, 4) is 11.5 Å². The highest BCUT2D eigenvalue weighted by molar-refractivity contribution is 5.53. The van der Waals surface area contributed by atoms with Crippen LogP contribution >= 0.6 is 0 Å². The van der Waals surface area contributed by atoms with E-state index in [0.29, 0.717) is 17.1 Å². The fourth-order valence-corrected chi connectivity index (χ4v) is 1.64. The smallest absolute Gasteiger partial charge is 0.311 e. The number of ether oxygens (including phenoxy) is 1. The number of pyridine rings is 1.